The number of carboxylic acid groups (broad SMARTS) is 1. The Hall–Kier alpha value is -4.18. The number of para-hydroxylation sites is 1. The van der Waals surface area contributed by atoms with Crippen LogP contribution in [0, 0.1) is 0 Å². The Morgan fingerprint density at radius 1 is 0.921 bits per heavy atom. The van der Waals surface area contributed by atoms with Crippen LogP contribution in [-0.4, -0.2) is 64.5 Å². The highest BCUT2D eigenvalue weighted by molar-refractivity contribution is 5.94. The Bertz CT molecular complexity index is 1290. The van der Waals surface area contributed by atoms with Gasteiger partial charge < -0.3 is 31.4 Å². The fourth-order valence-electron chi connectivity index (χ4n) is 4.64. The Labute approximate surface area is 220 Å². The van der Waals surface area contributed by atoms with Gasteiger partial charge in [-0.3, -0.25) is 14.4 Å². The van der Waals surface area contributed by atoms with Crippen molar-refractivity contribution in [1.82, 2.24) is 26.3 Å². The van der Waals surface area contributed by atoms with Crippen LogP contribution in [0.5, 0.6) is 0 Å². The molecule has 10 nitrogen and oxygen atoms in total. The molecule has 1 fully saturated rings. The number of carbonyl (C=O) groups is 4. The number of carboxylic acids is 1. The van der Waals surface area contributed by atoms with E-state index in [9.17, 15) is 24.3 Å². The highest BCUT2D eigenvalue weighted by Crippen LogP contribution is 2.19. The van der Waals surface area contributed by atoms with Gasteiger partial charge in [-0.2, -0.15) is 0 Å². The number of aliphatic carboxylic acids is 1. The van der Waals surface area contributed by atoms with Crippen LogP contribution in [0.4, 0.5) is 0 Å². The van der Waals surface area contributed by atoms with E-state index in [1.807, 2.05) is 54.6 Å². The molecule has 3 aromatic rings. The molecule has 1 aromatic heterocycles. The molecule has 1 saturated heterocycles. The molecule has 1 aliphatic rings. The number of amides is 3. The fourth-order valence-corrected chi connectivity index (χ4v) is 4.64. The summed E-state index contributed by atoms with van der Waals surface area (Å²) in [6, 6.07) is 13.3. The van der Waals surface area contributed by atoms with Crippen LogP contribution >= 0.6 is 0 Å². The van der Waals surface area contributed by atoms with E-state index >= 15 is 0 Å². The molecule has 0 aliphatic carbocycles. The molecular formula is C28H33N5O5. The van der Waals surface area contributed by atoms with Gasteiger partial charge in [0.2, 0.25) is 17.7 Å². The molecule has 0 spiro atoms. The predicted octanol–water partition coefficient (Wildman–Crippen LogP) is 1.26. The molecular weight excluding hydrogens is 486 g/mol. The average molecular weight is 520 g/mol. The van der Waals surface area contributed by atoms with Crippen molar-refractivity contribution >= 4 is 34.6 Å². The minimum absolute atomic E-state index is 0.0762. The molecule has 0 bridgehead atoms. The Balaban J connectivity index is 1.40. The summed E-state index contributed by atoms with van der Waals surface area (Å²) in [5, 5.41) is 21.7. The van der Waals surface area contributed by atoms with Crippen molar-refractivity contribution in [2.24, 2.45) is 0 Å². The van der Waals surface area contributed by atoms with Crippen LogP contribution in [0.2, 0.25) is 0 Å². The number of carbonyl (C=O) groups excluding carboxylic acids is 3. The van der Waals surface area contributed by atoms with Crippen LogP contribution in [0.15, 0.2) is 60.8 Å². The summed E-state index contributed by atoms with van der Waals surface area (Å²) in [7, 11) is 0. The van der Waals surface area contributed by atoms with E-state index in [-0.39, 0.29) is 24.8 Å². The number of hydrogen-bond donors (Lipinski definition) is 6. The van der Waals surface area contributed by atoms with E-state index in [0.717, 1.165) is 35.0 Å². The summed E-state index contributed by atoms with van der Waals surface area (Å²) in [6.07, 6.45) is 3.63. The first-order valence-electron chi connectivity index (χ1n) is 12.8. The SMILES string of the molecule is CC(NC(=O)C(Cc1ccccc1)NC(=O)C1CCCN1)C(=O)NC(Cc1c[nH]c2ccccc12)C(=O)O. The zero-order valence-corrected chi connectivity index (χ0v) is 21.2. The molecule has 6 N–H and O–H groups in total. The maximum Gasteiger partial charge on any atom is 0.326 e. The third-order valence-electron chi connectivity index (χ3n) is 6.76. The molecule has 2 heterocycles. The minimum Gasteiger partial charge on any atom is -0.480 e. The largest absolute Gasteiger partial charge is 0.480 e. The molecule has 3 amide bonds. The molecule has 10 heteroatoms. The average Bonchev–Trinajstić information content (AvgIpc) is 3.59. The lowest BCUT2D eigenvalue weighted by Crippen LogP contribution is -2.57. The summed E-state index contributed by atoms with van der Waals surface area (Å²) in [5.74, 6) is -2.60. The van der Waals surface area contributed by atoms with Crippen LogP contribution in [-0.2, 0) is 32.0 Å². The number of rotatable bonds is 11. The Morgan fingerprint density at radius 3 is 2.37 bits per heavy atom. The predicted molar refractivity (Wildman–Crippen MR) is 142 cm³/mol. The first-order valence-corrected chi connectivity index (χ1v) is 12.8. The van der Waals surface area contributed by atoms with Gasteiger partial charge in [-0.15, -0.1) is 0 Å². The maximum atomic E-state index is 13.2. The minimum atomic E-state index is -1.19. The Morgan fingerprint density at radius 2 is 1.66 bits per heavy atom. The van der Waals surface area contributed by atoms with Crippen LogP contribution in [0.3, 0.4) is 0 Å². The van der Waals surface area contributed by atoms with E-state index in [1.165, 1.54) is 6.92 Å². The lowest BCUT2D eigenvalue weighted by atomic mass is 10.0. The molecule has 4 rings (SSSR count). The summed E-state index contributed by atoms with van der Waals surface area (Å²) in [5.41, 5.74) is 2.49. The molecule has 4 atom stereocenters. The van der Waals surface area contributed by atoms with Gasteiger partial charge in [0.05, 0.1) is 6.04 Å². The molecule has 0 saturated carbocycles. The van der Waals surface area contributed by atoms with Crippen molar-refractivity contribution in [2.75, 3.05) is 6.54 Å². The number of hydrogen-bond acceptors (Lipinski definition) is 5. The van der Waals surface area contributed by atoms with E-state index in [1.54, 1.807) is 6.20 Å². The molecule has 4 unspecified atom stereocenters. The quantitative estimate of drug-likeness (QED) is 0.224. The third-order valence-corrected chi connectivity index (χ3v) is 6.76. The van der Waals surface area contributed by atoms with Crippen molar-refractivity contribution < 1.29 is 24.3 Å². The smallest absolute Gasteiger partial charge is 0.326 e. The number of aromatic amines is 1. The topological polar surface area (TPSA) is 152 Å². The summed E-state index contributed by atoms with van der Waals surface area (Å²) in [6.45, 7) is 2.23. The summed E-state index contributed by atoms with van der Waals surface area (Å²) >= 11 is 0. The van der Waals surface area contributed by atoms with Crippen LogP contribution in [0.1, 0.15) is 30.9 Å². The summed E-state index contributed by atoms with van der Waals surface area (Å²) < 4.78 is 0. The highest BCUT2D eigenvalue weighted by atomic mass is 16.4. The van der Waals surface area contributed by atoms with Crippen molar-refractivity contribution in [3.63, 3.8) is 0 Å². The second-order valence-electron chi connectivity index (χ2n) is 9.59. The van der Waals surface area contributed by atoms with E-state index < -0.39 is 35.9 Å². The number of H-pyrrole nitrogens is 1. The van der Waals surface area contributed by atoms with E-state index in [0.29, 0.717) is 6.42 Å². The molecule has 200 valence electrons. The van der Waals surface area contributed by atoms with Crippen molar-refractivity contribution in [1.29, 1.82) is 0 Å². The number of fused-ring (bicyclic) bond motifs is 1. The second kappa shape index (κ2) is 12.4. The molecule has 1 aliphatic heterocycles. The number of nitrogens with one attached hydrogen (secondary N) is 5. The van der Waals surface area contributed by atoms with Crippen LogP contribution < -0.4 is 21.3 Å². The number of aromatic nitrogens is 1. The monoisotopic (exact) mass is 519 g/mol. The maximum absolute atomic E-state index is 13.2. The van der Waals surface area contributed by atoms with Crippen molar-refractivity contribution in [2.45, 2.75) is 56.8 Å². The van der Waals surface area contributed by atoms with Gasteiger partial charge in [-0.1, -0.05) is 48.5 Å². The van der Waals surface area contributed by atoms with Gasteiger partial charge in [0.1, 0.15) is 18.1 Å². The third kappa shape index (κ3) is 6.77. The van der Waals surface area contributed by atoms with E-state index in [4.69, 9.17) is 0 Å². The second-order valence-corrected chi connectivity index (χ2v) is 9.59. The standard InChI is InChI=1S/C28H33N5O5/c1-17(25(34)33-24(28(37)38)15-19-16-30-21-11-6-5-10-20(19)21)31-27(36)23(14-18-8-3-2-4-9-18)32-26(35)22-12-7-13-29-22/h2-6,8-11,16-17,22-24,29-30H,7,12-15H2,1H3,(H,31,36)(H,32,35)(H,33,34)(H,37,38). The zero-order chi connectivity index (χ0) is 27.1. The summed E-state index contributed by atoms with van der Waals surface area (Å²) in [4.78, 5) is 53.9. The lowest BCUT2D eigenvalue weighted by molar-refractivity contribution is -0.142. The zero-order valence-electron chi connectivity index (χ0n) is 21.2. The first-order chi connectivity index (χ1) is 18.3. The van der Waals surface area contributed by atoms with Crippen molar-refractivity contribution in [3.05, 3.63) is 71.9 Å². The molecule has 0 radical (unpaired) electrons. The van der Waals surface area contributed by atoms with Gasteiger partial charge >= 0.3 is 5.97 Å². The first kappa shape index (κ1) is 26.9. The van der Waals surface area contributed by atoms with Gasteiger partial charge in [0.25, 0.3) is 0 Å². The van der Waals surface area contributed by atoms with E-state index in [2.05, 4.69) is 26.3 Å². The molecule has 2 aromatic carbocycles. The van der Waals surface area contributed by atoms with Crippen LogP contribution in [0.25, 0.3) is 10.9 Å². The number of benzene rings is 2. The molecule has 38 heavy (non-hydrogen) atoms. The van der Waals surface area contributed by atoms with Crippen molar-refractivity contribution in [3.8, 4) is 0 Å². The fraction of sp³-hybridized carbons (Fsp3) is 0.357. The van der Waals surface area contributed by atoms with Gasteiger partial charge in [-0.05, 0) is 43.5 Å². The van der Waals surface area contributed by atoms with Gasteiger partial charge in [0, 0.05) is 29.9 Å². The highest BCUT2D eigenvalue weighted by Gasteiger charge is 2.30. The van der Waals surface area contributed by atoms with Gasteiger partial charge in [-0.25, -0.2) is 4.79 Å². The Kier molecular flexibility index (Phi) is 8.75. The van der Waals surface area contributed by atoms with Gasteiger partial charge in [0.15, 0.2) is 0 Å². The normalized spacial score (nSPS) is 17.3. The lowest BCUT2D eigenvalue weighted by Gasteiger charge is -2.23.